The Hall–Kier alpha value is -0.610. The first kappa shape index (κ1) is 8.01. The molecular weight excluding hydrogens is 158 g/mol. The fourth-order valence-corrected chi connectivity index (χ4v) is 1.86. The van der Waals surface area contributed by atoms with Gasteiger partial charge in [0.15, 0.2) is 0 Å². The Bertz CT molecular complexity index is 184. The molecule has 68 valence electrons. The van der Waals surface area contributed by atoms with E-state index in [2.05, 4.69) is 5.16 Å². The summed E-state index contributed by atoms with van der Waals surface area (Å²) in [6, 6.07) is 0. The summed E-state index contributed by atoms with van der Waals surface area (Å²) in [6.07, 6.45) is 4.49. The highest BCUT2D eigenvalue weighted by atomic mass is 17.2. The lowest BCUT2D eigenvalue weighted by atomic mass is 9.82. The molecule has 4 heteroatoms. The average Bonchev–Trinajstić information content (AvgIpc) is 2.55. The van der Waals surface area contributed by atoms with Gasteiger partial charge in [0.05, 0.1) is 12.3 Å². The normalized spacial score (nSPS) is 35.8. The van der Waals surface area contributed by atoms with Crippen LogP contribution in [0.2, 0.25) is 0 Å². The molecule has 2 aliphatic rings. The van der Waals surface area contributed by atoms with Crippen molar-refractivity contribution in [2.75, 3.05) is 6.61 Å². The van der Waals surface area contributed by atoms with E-state index in [-0.39, 0.29) is 5.60 Å². The number of hydrogen-bond donors (Lipinski definition) is 1. The van der Waals surface area contributed by atoms with Gasteiger partial charge in [-0.1, -0.05) is 5.16 Å². The SMILES string of the molecule is ON=C1CCC2(CCOO2)CC1. The third kappa shape index (κ3) is 1.32. The van der Waals surface area contributed by atoms with Gasteiger partial charge in [0.1, 0.15) is 5.60 Å². The van der Waals surface area contributed by atoms with Crippen LogP contribution >= 0.6 is 0 Å². The predicted octanol–water partition coefficient (Wildman–Crippen LogP) is 1.48. The third-order valence-corrected chi connectivity index (χ3v) is 2.76. The summed E-state index contributed by atoms with van der Waals surface area (Å²) in [5.41, 5.74) is 0.824. The Morgan fingerprint density at radius 2 is 2.00 bits per heavy atom. The zero-order valence-corrected chi connectivity index (χ0v) is 6.95. The van der Waals surface area contributed by atoms with Crippen LogP contribution in [0.5, 0.6) is 0 Å². The second-order valence-corrected chi connectivity index (χ2v) is 3.50. The summed E-state index contributed by atoms with van der Waals surface area (Å²) in [6.45, 7) is 0.700. The molecule has 1 aliphatic heterocycles. The van der Waals surface area contributed by atoms with E-state index in [1.54, 1.807) is 0 Å². The molecule has 1 saturated heterocycles. The molecule has 1 N–H and O–H groups in total. The highest BCUT2D eigenvalue weighted by Gasteiger charge is 2.39. The fraction of sp³-hybridized carbons (Fsp3) is 0.875. The Balaban J connectivity index is 1.97. The molecule has 1 aliphatic carbocycles. The smallest absolute Gasteiger partial charge is 0.107 e. The van der Waals surface area contributed by atoms with Gasteiger partial charge in [-0.05, 0) is 25.7 Å². The van der Waals surface area contributed by atoms with Crippen molar-refractivity contribution >= 4 is 5.71 Å². The molecule has 0 amide bonds. The van der Waals surface area contributed by atoms with Crippen LogP contribution in [0.3, 0.4) is 0 Å². The minimum absolute atomic E-state index is 0.0613. The lowest BCUT2D eigenvalue weighted by molar-refractivity contribution is -0.312. The first-order valence-electron chi connectivity index (χ1n) is 4.35. The molecule has 1 saturated carbocycles. The molecule has 0 aromatic carbocycles. The quantitative estimate of drug-likeness (QED) is 0.341. The predicted molar refractivity (Wildman–Crippen MR) is 42.1 cm³/mol. The van der Waals surface area contributed by atoms with Crippen molar-refractivity contribution in [1.82, 2.24) is 0 Å². The zero-order chi connectivity index (χ0) is 8.44. The molecule has 2 rings (SSSR count). The molecule has 1 heterocycles. The van der Waals surface area contributed by atoms with Gasteiger partial charge < -0.3 is 5.21 Å². The van der Waals surface area contributed by atoms with Crippen molar-refractivity contribution in [3.05, 3.63) is 0 Å². The maximum atomic E-state index is 8.54. The van der Waals surface area contributed by atoms with Crippen LogP contribution in [0.25, 0.3) is 0 Å². The standard InChI is InChI=1S/C8H13NO3/c10-9-7-1-3-8(4-2-7)5-6-11-12-8/h10H,1-6H2. The summed E-state index contributed by atoms with van der Waals surface area (Å²) < 4.78 is 0. The van der Waals surface area contributed by atoms with E-state index in [9.17, 15) is 0 Å². The van der Waals surface area contributed by atoms with Gasteiger partial charge in [-0.3, -0.25) is 0 Å². The van der Waals surface area contributed by atoms with Gasteiger partial charge in [-0.25, -0.2) is 9.78 Å². The van der Waals surface area contributed by atoms with Crippen LogP contribution in [0.4, 0.5) is 0 Å². The topological polar surface area (TPSA) is 51.1 Å². The average molecular weight is 171 g/mol. The first-order valence-corrected chi connectivity index (χ1v) is 4.35. The molecule has 0 aromatic heterocycles. The molecule has 0 unspecified atom stereocenters. The second kappa shape index (κ2) is 3.03. The Labute approximate surface area is 71.1 Å². The molecular formula is C8H13NO3. The van der Waals surface area contributed by atoms with E-state index in [4.69, 9.17) is 15.0 Å². The summed E-state index contributed by atoms with van der Waals surface area (Å²) in [5.74, 6) is 0. The zero-order valence-electron chi connectivity index (χ0n) is 6.95. The van der Waals surface area contributed by atoms with Crippen LogP contribution in [0.15, 0.2) is 5.16 Å². The second-order valence-electron chi connectivity index (χ2n) is 3.50. The Morgan fingerprint density at radius 3 is 2.50 bits per heavy atom. The summed E-state index contributed by atoms with van der Waals surface area (Å²) in [5, 5.41) is 11.8. The third-order valence-electron chi connectivity index (χ3n) is 2.76. The lowest BCUT2D eigenvalue weighted by Crippen LogP contribution is -2.33. The number of nitrogens with zero attached hydrogens (tertiary/aromatic N) is 1. The highest BCUT2D eigenvalue weighted by Crippen LogP contribution is 2.36. The van der Waals surface area contributed by atoms with Gasteiger partial charge in [-0.2, -0.15) is 0 Å². The van der Waals surface area contributed by atoms with Crippen molar-refractivity contribution in [2.45, 2.75) is 37.7 Å². The van der Waals surface area contributed by atoms with Gasteiger partial charge in [0, 0.05) is 6.42 Å². The summed E-state index contributed by atoms with van der Waals surface area (Å²) >= 11 is 0. The molecule has 0 radical (unpaired) electrons. The molecule has 1 spiro atoms. The van der Waals surface area contributed by atoms with Crippen molar-refractivity contribution in [2.24, 2.45) is 5.16 Å². The fourth-order valence-electron chi connectivity index (χ4n) is 1.86. The lowest BCUT2D eigenvalue weighted by Gasteiger charge is -2.29. The molecule has 0 aromatic rings. The molecule has 4 nitrogen and oxygen atoms in total. The minimum Gasteiger partial charge on any atom is -0.411 e. The molecule has 12 heavy (non-hydrogen) atoms. The van der Waals surface area contributed by atoms with Crippen LogP contribution in [-0.2, 0) is 9.78 Å². The summed E-state index contributed by atoms with van der Waals surface area (Å²) in [7, 11) is 0. The van der Waals surface area contributed by atoms with E-state index >= 15 is 0 Å². The van der Waals surface area contributed by atoms with E-state index in [0.717, 1.165) is 37.8 Å². The summed E-state index contributed by atoms with van der Waals surface area (Å²) in [4.78, 5) is 10.1. The molecule has 0 atom stereocenters. The van der Waals surface area contributed by atoms with Crippen LogP contribution in [-0.4, -0.2) is 23.1 Å². The Morgan fingerprint density at radius 1 is 1.25 bits per heavy atom. The van der Waals surface area contributed by atoms with E-state index < -0.39 is 0 Å². The highest BCUT2D eigenvalue weighted by molar-refractivity contribution is 5.84. The molecule has 2 fully saturated rings. The van der Waals surface area contributed by atoms with Crippen molar-refractivity contribution in [3.63, 3.8) is 0 Å². The maximum Gasteiger partial charge on any atom is 0.107 e. The van der Waals surface area contributed by atoms with Gasteiger partial charge in [0.2, 0.25) is 0 Å². The van der Waals surface area contributed by atoms with Crippen molar-refractivity contribution in [1.29, 1.82) is 0 Å². The minimum atomic E-state index is -0.0613. The van der Waals surface area contributed by atoms with Crippen LogP contribution < -0.4 is 0 Å². The van der Waals surface area contributed by atoms with Crippen molar-refractivity contribution < 1.29 is 15.0 Å². The first-order chi connectivity index (χ1) is 5.85. The van der Waals surface area contributed by atoms with Gasteiger partial charge in [-0.15, -0.1) is 0 Å². The van der Waals surface area contributed by atoms with Gasteiger partial charge >= 0.3 is 0 Å². The monoisotopic (exact) mass is 171 g/mol. The van der Waals surface area contributed by atoms with E-state index in [0.29, 0.717) is 6.61 Å². The van der Waals surface area contributed by atoms with E-state index in [1.807, 2.05) is 0 Å². The van der Waals surface area contributed by atoms with Crippen LogP contribution in [0.1, 0.15) is 32.1 Å². The number of rotatable bonds is 0. The molecule has 0 bridgehead atoms. The van der Waals surface area contributed by atoms with Gasteiger partial charge in [0.25, 0.3) is 0 Å². The number of hydrogen-bond acceptors (Lipinski definition) is 4. The van der Waals surface area contributed by atoms with Crippen molar-refractivity contribution in [3.8, 4) is 0 Å². The maximum absolute atomic E-state index is 8.54. The largest absolute Gasteiger partial charge is 0.411 e. The Kier molecular flexibility index (Phi) is 2.02. The van der Waals surface area contributed by atoms with E-state index in [1.165, 1.54) is 0 Å². The van der Waals surface area contributed by atoms with Crippen LogP contribution in [0, 0.1) is 0 Å². The number of oxime groups is 1.